The molecule has 0 radical (unpaired) electrons. The smallest absolute Gasteiger partial charge is 0.318 e. The van der Waals surface area contributed by atoms with Crippen LogP contribution in [0.25, 0.3) is 0 Å². The van der Waals surface area contributed by atoms with Gasteiger partial charge in [-0.15, -0.1) is 0 Å². The molecule has 1 fully saturated rings. The lowest BCUT2D eigenvalue weighted by atomic mass is 10.1. The molecule has 0 aromatic heterocycles. The van der Waals surface area contributed by atoms with Crippen LogP contribution in [0, 0.1) is 0 Å². The molecular formula is C16H23ClN2O4S. The van der Waals surface area contributed by atoms with Gasteiger partial charge in [-0.05, 0) is 24.6 Å². The lowest BCUT2D eigenvalue weighted by molar-refractivity contribution is -0.134. The van der Waals surface area contributed by atoms with Crippen LogP contribution in [-0.4, -0.2) is 73.5 Å². The largest absolute Gasteiger partial charge is 0.480 e. The van der Waals surface area contributed by atoms with E-state index in [0.717, 1.165) is 31.2 Å². The molecule has 1 heterocycles. The molecule has 1 aromatic carbocycles. The van der Waals surface area contributed by atoms with Gasteiger partial charge >= 0.3 is 5.97 Å². The summed E-state index contributed by atoms with van der Waals surface area (Å²) in [6.07, 6.45) is 0. The highest BCUT2D eigenvalue weighted by atomic mass is 35.5. The Hall–Kier alpha value is -1.15. The topological polar surface area (TPSA) is 77.9 Å². The van der Waals surface area contributed by atoms with E-state index in [9.17, 15) is 13.2 Å². The highest BCUT2D eigenvalue weighted by Crippen LogP contribution is 2.23. The minimum atomic E-state index is -3.52. The van der Waals surface area contributed by atoms with E-state index in [1.54, 1.807) is 0 Å². The molecule has 8 heteroatoms. The number of carboxylic acids is 1. The SMILES string of the molecule is CC(c1ccc(Cl)cc1)N1CCN(CCS(=O)(=O)CC(=O)O)CC1. The number of carbonyl (C=O) groups is 1. The number of hydrogen-bond donors (Lipinski definition) is 1. The molecule has 1 aliphatic heterocycles. The average Bonchev–Trinajstić information content (AvgIpc) is 2.52. The number of nitrogens with zero attached hydrogens (tertiary/aromatic N) is 2. The summed E-state index contributed by atoms with van der Waals surface area (Å²) in [6, 6.07) is 8.10. The van der Waals surface area contributed by atoms with E-state index in [4.69, 9.17) is 16.7 Å². The summed E-state index contributed by atoms with van der Waals surface area (Å²) in [5.74, 6) is -2.19. The number of rotatable bonds is 7. The van der Waals surface area contributed by atoms with Gasteiger partial charge in [0.1, 0.15) is 5.75 Å². The van der Waals surface area contributed by atoms with Crippen LogP contribution in [0.3, 0.4) is 0 Å². The van der Waals surface area contributed by atoms with Gasteiger partial charge in [0.2, 0.25) is 0 Å². The number of sulfone groups is 1. The van der Waals surface area contributed by atoms with E-state index in [-0.39, 0.29) is 11.8 Å². The maximum atomic E-state index is 11.6. The molecule has 1 atom stereocenters. The number of hydrogen-bond acceptors (Lipinski definition) is 5. The van der Waals surface area contributed by atoms with E-state index < -0.39 is 21.6 Å². The van der Waals surface area contributed by atoms with Gasteiger partial charge in [-0.1, -0.05) is 23.7 Å². The number of aliphatic carboxylic acids is 1. The Labute approximate surface area is 147 Å². The number of piperazine rings is 1. The van der Waals surface area contributed by atoms with E-state index in [1.165, 1.54) is 5.56 Å². The summed E-state index contributed by atoms with van der Waals surface area (Å²) >= 11 is 5.92. The third-order valence-corrected chi connectivity index (χ3v) is 6.11. The Balaban J connectivity index is 1.81. The Morgan fingerprint density at radius 2 is 1.79 bits per heavy atom. The van der Waals surface area contributed by atoms with Crippen molar-refractivity contribution in [3.05, 3.63) is 34.9 Å². The molecule has 0 aliphatic carbocycles. The minimum absolute atomic E-state index is 0.105. The van der Waals surface area contributed by atoms with Crippen LogP contribution in [0.4, 0.5) is 0 Å². The molecular weight excluding hydrogens is 352 g/mol. The van der Waals surface area contributed by atoms with Gasteiger partial charge in [0.15, 0.2) is 9.84 Å². The van der Waals surface area contributed by atoms with Gasteiger partial charge in [-0.3, -0.25) is 14.6 Å². The molecule has 1 aromatic rings. The molecule has 1 N–H and O–H groups in total. The summed E-state index contributed by atoms with van der Waals surface area (Å²) in [4.78, 5) is 15.0. The first kappa shape index (κ1) is 19.2. The summed E-state index contributed by atoms with van der Waals surface area (Å²) in [5.41, 5.74) is 1.21. The number of carboxylic acid groups (broad SMARTS) is 1. The van der Waals surface area contributed by atoms with Crippen molar-refractivity contribution >= 4 is 27.4 Å². The fourth-order valence-electron chi connectivity index (χ4n) is 2.85. The molecule has 1 aliphatic rings. The van der Waals surface area contributed by atoms with Crippen LogP contribution < -0.4 is 0 Å². The molecule has 1 saturated heterocycles. The molecule has 2 rings (SSSR count). The van der Waals surface area contributed by atoms with Crippen molar-refractivity contribution in [1.29, 1.82) is 0 Å². The summed E-state index contributed by atoms with van der Waals surface area (Å²) < 4.78 is 23.3. The average molecular weight is 375 g/mol. The van der Waals surface area contributed by atoms with Crippen molar-refractivity contribution < 1.29 is 18.3 Å². The zero-order chi connectivity index (χ0) is 17.7. The first-order chi connectivity index (χ1) is 11.3. The lowest BCUT2D eigenvalue weighted by Crippen LogP contribution is -2.48. The summed E-state index contributed by atoms with van der Waals surface area (Å²) in [5, 5.41) is 9.32. The van der Waals surface area contributed by atoms with Crippen molar-refractivity contribution in [2.24, 2.45) is 0 Å². The van der Waals surface area contributed by atoms with Gasteiger partial charge in [-0.2, -0.15) is 0 Å². The highest BCUT2D eigenvalue weighted by Gasteiger charge is 2.23. The molecule has 0 saturated carbocycles. The molecule has 0 amide bonds. The molecule has 0 bridgehead atoms. The standard InChI is InChI=1S/C16H23ClN2O4S/c1-13(14-2-4-15(17)5-3-14)19-8-6-18(7-9-19)10-11-24(22,23)12-16(20)21/h2-5,13H,6-12H2,1H3,(H,20,21). The van der Waals surface area contributed by atoms with Gasteiger partial charge < -0.3 is 5.11 Å². The van der Waals surface area contributed by atoms with Crippen molar-refractivity contribution in [3.63, 3.8) is 0 Å². The van der Waals surface area contributed by atoms with Crippen molar-refractivity contribution in [1.82, 2.24) is 9.80 Å². The zero-order valence-corrected chi connectivity index (χ0v) is 15.3. The van der Waals surface area contributed by atoms with E-state index in [1.807, 2.05) is 24.3 Å². The zero-order valence-electron chi connectivity index (χ0n) is 13.7. The number of benzene rings is 1. The van der Waals surface area contributed by atoms with E-state index in [2.05, 4.69) is 16.7 Å². The van der Waals surface area contributed by atoms with Gasteiger partial charge in [0.25, 0.3) is 0 Å². The van der Waals surface area contributed by atoms with Crippen LogP contribution in [-0.2, 0) is 14.6 Å². The minimum Gasteiger partial charge on any atom is -0.480 e. The van der Waals surface area contributed by atoms with Gasteiger partial charge in [0, 0.05) is 43.8 Å². The van der Waals surface area contributed by atoms with E-state index >= 15 is 0 Å². The fraction of sp³-hybridized carbons (Fsp3) is 0.562. The maximum absolute atomic E-state index is 11.6. The Morgan fingerprint density at radius 1 is 1.21 bits per heavy atom. The van der Waals surface area contributed by atoms with Crippen LogP contribution in [0.5, 0.6) is 0 Å². The van der Waals surface area contributed by atoms with Crippen LogP contribution in [0.15, 0.2) is 24.3 Å². The predicted octanol–water partition coefficient (Wildman–Crippen LogP) is 1.52. The second kappa shape index (κ2) is 8.29. The molecule has 134 valence electrons. The van der Waals surface area contributed by atoms with Crippen molar-refractivity contribution in [3.8, 4) is 0 Å². The van der Waals surface area contributed by atoms with Crippen molar-refractivity contribution in [2.45, 2.75) is 13.0 Å². The third kappa shape index (κ3) is 5.73. The maximum Gasteiger partial charge on any atom is 0.318 e. The highest BCUT2D eigenvalue weighted by molar-refractivity contribution is 7.92. The first-order valence-electron chi connectivity index (χ1n) is 7.91. The quantitative estimate of drug-likeness (QED) is 0.779. The van der Waals surface area contributed by atoms with Crippen LogP contribution >= 0.6 is 11.6 Å². The Kier molecular flexibility index (Phi) is 6.62. The Bertz CT molecular complexity index is 655. The van der Waals surface area contributed by atoms with Gasteiger partial charge in [-0.25, -0.2) is 8.42 Å². The summed E-state index contributed by atoms with van der Waals surface area (Å²) in [7, 11) is -3.52. The number of halogens is 1. The second-order valence-corrected chi connectivity index (χ2v) is 8.71. The van der Waals surface area contributed by atoms with Gasteiger partial charge in [0.05, 0.1) is 5.75 Å². The monoisotopic (exact) mass is 374 g/mol. The molecule has 24 heavy (non-hydrogen) atoms. The predicted molar refractivity (Wildman–Crippen MR) is 94.2 cm³/mol. The molecule has 0 spiro atoms. The molecule has 1 unspecified atom stereocenters. The first-order valence-corrected chi connectivity index (χ1v) is 10.1. The Morgan fingerprint density at radius 3 is 2.33 bits per heavy atom. The summed E-state index contributed by atoms with van der Waals surface area (Å²) in [6.45, 7) is 5.79. The second-order valence-electron chi connectivity index (χ2n) is 6.09. The lowest BCUT2D eigenvalue weighted by Gasteiger charge is -2.38. The fourth-order valence-corrected chi connectivity index (χ4v) is 4.04. The van der Waals surface area contributed by atoms with E-state index in [0.29, 0.717) is 6.54 Å². The van der Waals surface area contributed by atoms with Crippen molar-refractivity contribution in [2.75, 3.05) is 44.2 Å². The van der Waals surface area contributed by atoms with Crippen LogP contribution in [0.1, 0.15) is 18.5 Å². The molecule has 6 nitrogen and oxygen atoms in total. The third-order valence-electron chi connectivity index (χ3n) is 4.37. The van der Waals surface area contributed by atoms with Crippen LogP contribution in [0.2, 0.25) is 5.02 Å². The normalized spacial score (nSPS) is 18.4.